The lowest BCUT2D eigenvalue weighted by molar-refractivity contribution is 0.716. The zero-order valence-corrected chi connectivity index (χ0v) is 5.96. The summed E-state index contributed by atoms with van der Waals surface area (Å²) in [4.78, 5) is 3.76. The maximum absolute atomic E-state index is 5.28. The third kappa shape index (κ3) is 7.29. The Morgan fingerprint density at radius 1 is 1.50 bits per heavy atom. The molecule has 0 bridgehead atoms. The molecule has 5 heteroatoms. The number of aliphatic imine (C=N–C) groups is 1. The van der Waals surface area contributed by atoms with Crippen LogP contribution in [-0.4, -0.2) is 26.3 Å². The van der Waals surface area contributed by atoms with E-state index in [0.717, 1.165) is 12.8 Å². The normalized spacial score (nSPS) is 12.5. The van der Waals surface area contributed by atoms with Crippen molar-refractivity contribution in [1.82, 2.24) is 0 Å². The molecule has 0 saturated carbocycles. The maximum atomic E-state index is 5.28. The molecule has 0 aromatic carbocycles. The molecule has 0 aromatic heterocycles. The van der Waals surface area contributed by atoms with E-state index in [1.54, 1.807) is 0 Å². The number of nitrogens with two attached hydrogens (primary N) is 3. The molecule has 0 saturated heterocycles. The standard InChI is InChI=1S/C5H13BN4/c6-4(7)2-1-3-10-5(8)9/h4H,1-3,7H2,(H4,8,9,10)/t4-/m0/s1. The first-order chi connectivity index (χ1) is 4.63. The molecule has 0 spiro atoms. The summed E-state index contributed by atoms with van der Waals surface area (Å²) in [6, 6.07) is 0. The Hall–Kier alpha value is -0.705. The van der Waals surface area contributed by atoms with Crippen LogP contribution in [0.3, 0.4) is 0 Å². The summed E-state index contributed by atoms with van der Waals surface area (Å²) in [5.74, 6) is -0.139. The molecule has 0 rings (SSSR count). The Labute approximate surface area is 62.3 Å². The minimum Gasteiger partial charge on any atom is -0.370 e. The van der Waals surface area contributed by atoms with E-state index in [-0.39, 0.29) is 11.9 Å². The van der Waals surface area contributed by atoms with Crippen molar-refractivity contribution in [3.63, 3.8) is 0 Å². The van der Waals surface area contributed by atoms with Gasteiger partial charge in [-0.1, -0.05) is 0 Å². The predicted octanol–water partition coefficient (Wildman–Crippen LogP) is -1.51. The highest BCUT2D eigenvalue weighted by atomic mass is 15.0. The molecular weight excluding hydrogens is 127 g/mol. The van der Waals surface area contributed by atoms with Crippen LogP contribution in [0.25, 0.3) is 0 Å². The average Bonchev–Trinajstić information content (AvgIpc) is 1.79. The van der Waals surface area contributed by atoms with Crippen molar-refractivity contribution in [2.75, 3.05) is 6.54 Å². The van der Waals surface area contributed by atoms with E-state index in [2.05, 4.69) is 4.99 Å². The molecule has 0 fully saturated rings. The van der Waals surface area contributed by atoms with Gasteiger partial charge in [0.05, 0.1) is 7.85 Å². The second-order valence-corrected chi connectivity index (χ2v) is 2.11. The lowest BCUT2D eigenvalue weighted by Crippen LogP contribution is -2.23. The summed E-state index contributed by atoms with van der Waals surface area (Å²) in [6.45, 7) is 0.604. The summed E-state index contributed by atoms with van der Waals surface area (Å²) in [5.41, 5.74) is 15.4. The third-order valence-corrected chi connectivity index (χ3v) is 0.990. The van der Waals surface area contributed by atoms with Gasteiger partial charge < -0.3 is 17.2 Å². The number of hydrogen-bond donors (Lipinski definition) is 3. The van der Waals surface area contributed by atoms with Crippen LogP contribution >= 0.6 is 0 Å². The molecule has 6 N–H and O–H groups in total. The topological polar surface area (TPSA) is 90.4 Å². The second-order valence-electron chi connectivity index (χ2n) is 2.11. The summed E-state index contributed by atoms with van der Waals surface area (Å²) in [5, 5.41) is 0. The van der Waals surface area contributed by atoms with Gasteiger partial charge in [-0.3, -0.25) is 4.99 Å². The highest BCUT2D eigenvalue weighted by Crippen LogP contribution is 1.90. The van der Waals surface area contributed by atoms with Gasteiger partial charge in [0.1, 0.15) is 0 Å². The molecule has 0 aliphatic heterocycles. The minimum absolute atomic E-state index is 0.116. The van der Waals surface area contributed by atoms with E-state index in [0.29, 0.717) is 6.54 Å². The molecule has 0 unspecified atom stereocenters. The second kappa shape index (κ2) is 5.11. The Balaban J connectivity index is 3.13. The van der Waals surface area contributed by atoms with Gasteiger partial charge in [-0.15, -0.1) is 0 Å². The van der Waals surface area contributed by atoms with Crippen LogP contribution in [-0.2, 0) is 0 Å². The van der Waals surface area contributed by atoms with Crippen molar-refractivity contribution in [3.05, 3.63) is 0 Å². The van der Waals surface area contributed by atoms with Gasteiger partial charge >= 0.3 is 0 Å². The van der Waals surface area contributed by atoms with E-state index in [4.69, 9.17) is 25.0 Å². The SMILES string of the molecule is [B][C@@H](N)CCCN=C(N)N. The van der Waals surface area contributed by atoms with Gasteiger partial charge in [0.15, 0.2) is 5.96 Å². The first-order valence-corrected chi connectivity index (χ1v) is 3.19. The Morgan fingerprint density at radius 2 is 2.10 bits per heavy atom. The predicted molar refractivity (Wildman–Crippen MR) is 43.6 cm³/mol. The summed E-state index contributed by atoms with van der Waals surface area (Å²) in [7, 11) is 5.28. The molecule has 4 nitrogen and oxygen atoms in total. The van der Waals surface area contributed by atoms with E-state index >= 15 is 0 Å². The minimum atomic E-state index is -0.255. The molecule has 1 atom stereocenters. The largest absolute Gasteiger partial charge is 0.370 e. The molecule has 2 radical (unpaired) electrons. The van der Waals surface area contributed by atoms with Gasteiger partial charge in [-0.05, 0) is 18.8 Å². The van der Waals surface area contributed by atoms with E-state index in [1.807, 2.05) is 0 Å². The zero-order valence-electron chi connectivity index (χ0n) is 5.96. The summed E-state index contributed by atoms with van der Waals surface area (Å²) < 4.78 is 0. The van der Waals surface area contributed by atoms with Crippen molar-refractivity contribution >= 4 is 13.8 Å². The van der Waals surface area contributed by atoms with Gasteiger partial charge in [0.25, 0.3) is 0 Å². The highest BCUT2D eigenvalue weighted by molar-refractivity contribution is 6.11. The van der Waals surface area contributed by atoms with Crippen LogP contribution in [0.1, 0.15) is 12.8 Å². The van der Waals surface area contributed by atoms with Crippen molar-refractivity contribution in [2.24, 2.45) is 22.2 Å². The number of guanidine groups is 1. The molecule has 0 aliphatic carbocycles. The van der Waals surface area contributed by atoms with Crippen LogP contribution in [0.15, 0.2) is 4.99 Å². The lowest BCUT2D eigenvalue weighted by Gasteiger charge is -2.01. The average molecular weight is 140 g/mol. The Kier molecular flexibility index (Phi) is 4.75. The first kappa shape index (κ1) is 9.29. The number of rotatable bonds is 4. The smallest absolute Gasteiger partial charge is 0.185 e. The van der Waals surface area contributed by atoms with Crippen molar-refractivity contribution in [1.29, 1.82) is 0 Å². The van der Waals surface area contributed by atoms with Crippen LogP contribution in [0.5, 0.6) is 0 Å². The highest BCUT2D eigenvalue weighted by Gasteiger charge is 1.91. The molecule has 0 aromatic rings. The van der Waals surface area contributed by atoms with Crippen molar-refractivity contribution in [3.8, 4) is 0 Å². The number of nitrogens with zero attached hydrogens (tertiary/aromatic N) is 1. The van der Waals surface area contributed by atoms with Crippen LogP contribution in [0.2, 0.25) is 0 Å². The third-order valence-electron chi connectivity index (χ3n) is 0.990. The molecule has 0 heterocycles. The maximum Gasteiger partial charge on any atom is 0.185 e. The molecule has 10 heavy (non-hydrogen) atoms. The Bertz CT molecular complexity index is 108. The van der Waals surface area contributed by atoms with E-state index in [1.165, 1.54) is 0 Å². The lowest BCUT2D eigenvalue weighted by atomic mass is 9.93. The van der Waals surface area contributed by atoms with Crippen LogP contribution < -0.4 is 17.2 Å². The fourth-order valence-corrected chi connectivity index (χ4v) is 0.535. The molecule has 0 amide bonds. The quantitative estimate of drug-likeness (QED) is 0.192. The van der Waals surface area contributed by atoms with Crippen LogP contribution in [0.4, 0.5) is 0 Å². The van der Waals surface area contributed by atoms with E-state index in [9.17, 15) is 0 Å². The molecule has 0 aliphatic rings. The van der Waals surface area contributed by atoms with Crippen LogP contribution in [0, 0.1) is 0 Å². The van der Waals surface area contributed by atoms with Gasteiger partial charge in [0, 0.05) is 6.54 Å². The molecule has 56 valence electrons. The zero-order chi connectivity index (χ0) is 7.98. The van der Waals surface area contributed by atoms with Gasteiger partial charge in [-0.25, -0.2) is 0 Å². The monoisotopic (exact) mass is 140 g/mol. The number of hydrogen-bond acceptors (Lipinski definition) is 2. The van der Waals surface area contributed by atoms with Crippen molar-refractivity contribution < 1.29 is 0 Å². The molecular formula is C5H13BN4. The van der Waals surface area contributed by atoms with Gasteiger partial charge in [0.2, 0.25) is 0 Å². The Morgan fingerprint density at radius 3 is 2.50 bits per heavy atom. The fraction of sp³-hybridized carbons (Fsp3) is 0.800. The summed E-state index contributed by atoms with van der Waals surface area (Å²) >= 11 is 0. The van der Waals surface area contributed by atoms with E-state index < -0.39 is 0 Å². The fourth-order valence-electron chi connectivity index (χ4n) is 0.535. The summed E-state index contributed by atoms with van der Waals surface area (Å²) in [6.07, 6.45) is 1.58. The first-order valence-electron chi connectivity index (χ1n) is 3.19. The van der Waals surface area contributed by atoms with Crippen molar-refractivity contribution in [2.45, 2.75) is 18.8 Å². The van der Waals surface area contributed by atoms with Gasteiger partial charge in [-0.2, -0.15) is 0 Å².